The number of hydrogen-bond acceptors (Lipinski definition) is 4. The number of amides is 1. The molecule has 0 atom stereocenters. The highest BCUT2D eigenvalue weighted by molar-refractivity contribution is 6.06. The maximum Gasteiger partial charge on any atom is 0.338 e. The molecule has 1 amide bonds. The number of esters is 1. The van der Waals surface area contributed by atoms with Gasteiger partial charge in [0.1, 0.15) is 18.9 Å². The van der Waals surface area contributed by atoms with Crippen molar-refractivity contribution in [3.63, 3.8) is 0 Å². The number of hydrogen-bond donors (Lipinski definition) is 1. The van der Waals surface area contributed by atoms with Crippen molar-refractivity contribution in [2.75, 3.05) is 45.2 Å². The van der Waals surface area contributed by atoms with Crippen LogP contribution < -0.4 is 10.1 Å². The standard InChI is InChI=1S/C30H44N2O4/c1-9-32(8,10-2)19-20-35-28(34)23-15-17-24(18-16-23)31-27(33)25-13-11-12-14-26(25)36-22-30(6,7)21-29(3,4)5/h11-18H,9-10,19-22H2,1-8H3/p+1. The summed E-state index contributed by atoms with van der Waals surface area (Å²) in [5.74, 6) is -0.0595. The van der Waals surface area contributed by atoms with Crippen molar-refractivity contribution in [3.8, 4) is 5.75 Å². The van der Waals surface area contributed by atoms with E-state index in [1.807, 2.05) is 18.2 Å². The van der Waals surface area contributed by atoms with E-state index in [1.165, 1.54) is 0 Å². The summed E-state index contributed by atoms with van der Waals surface area (Å²) in [4.78, 5) is 25.4. The number of rotatable bonds is 12. The molecule has 2 aromatic rings. The molecule has 0 heterocycles. The molecule has 0 bridgehead atoms. The zero-order valence-corrected chi connectivity index (χ0v) is 23.4. The highest BCUT2D eigenvalue weighted by Crippen LogP contribution is 2.34. The van der Waals surface area contributed by atoms with Gasteiger partial charge in [0.25, 0.3) is 5.91 Å². The van der Waals surface area contributed by atoms with Crippen LogP contribution in [0.2, 0.25) is 0 Å². The monoisotopic (exact) mass is 497 g/mol. The van der Waals surface area contributed by atoms with E-state index < -0.39 is 0 Å². The van der Waals surface area contributed by atoms with E-state index in [4.69, 9.17) is 9.47 Å². The Balaban J connectivity index is 1.98. The molecule has 0 unspecified atom stereocenters. The van der Waals surface area contributed by atoms with Gasteiger partial charge in [-0.1, -0.05) is 46.8 Å². The molecule has 0 aliphatic carbocycles. The number of nitrogens with zero attached hydrogens (tertiary/aromatic N) is 1. The second kappa shape index (κ2) is 12.4. The number of ether oxygens (including phenoxy) is 2. The Bertz CT molecular complexity index is 1000. The van der Waals surface area contributed by atoms with Crippen LogP contribution in [-0.2, 0) is 4.74 Å². The first kappa shape index (κ1) is 29.4. The summed E-state index contributed by atoms with van der Waals surface area (Å²) in [6, 6.07) is 14.0. The number of benzene rings is 2. The fourth-order valence-electron chi connectivity index (χ4n) is 4.41. The average molecular weight is 498 g/mol. The minimum Gasteiger partial charge on any atom is -0.492 e. The number of carbonyl (C=O) groups is 2. The Kier molecular flexibility index (Phi) is 10.1. The van der Waals surface area contributed by atoms with Gasteiger partial charge in [-0.15, -0.1) is 0 Å². The van der Waals surface area contributed by atoms with E-state index in [-0.39, 0.29) is 22.7 Å². The van der Waals surface area contributed by atoms with Gasteiger partial charge in [0, 0.05) is 5.69 Å². The first-order chi connectivity index (χ1) is 16.8. The number of nitrogens with one attached hydrogen (secondary N) is 1. The topological polar surface area (TPSA) is 64.6 Å². The van der Waals surface area contributed by atoms with Crippen LogP contribution in [0.3, 0.4) is 0 Å². The third kappa shape index (κ3) is 9.30. The van der Waals surface area contributed by atoms with Crippen LogP contribution in [0.1, 0.15) is 75.6 Å². The molecule has 36 heavy (non-hydrogen) atoms. The number of para-hydroxylation sites is 1. The summed E-state index contributed by atoms with van der Waals surface area (Å²) in [6.07, 6.45) is 0.999. The fourth-order valence-corrected chi connectivity index (χ4v) is 4.41. The van der Waals surface area contributed by atoms with Gasteiger partial charge >= 0.3 is 5.97 Å². The van der Waals surface area contributed by atoms with Crippen LogP contribution in [-0.4, -0.2) is 56.3 Å². The van der Waals surface area contributed by atoms with Crippen molar-refractivity contribution in [1.82, 2.24) is 0 Å². The summed E-state index contributed by atoms with van der Waals surface area (Å²) < 4.78 is 12.4. The van der Waals surface area contributed by atoms with Crippen LogP contribution >= 0.6 is 0 Å². The van der Waals surface area contributed by atoms with E-state index in [9.17, 15) is 9.59 Å². The first-order valence-electron chi connectivity index (χ1n) is 12.9. The van der Waals surface area contributed by atoms with Gasteiger partial charge in [-0.05, 0) is 67.5 Å². The molecule has 0 aliphatic rings. The molecular weight excluding hydrogens is 452 g/mol. The lowest BCUT2D eigenvalue weighted by Crippen LogP contribution is -2.46. The predicted molar refractivity (Wildman–Crippen MR) is 147 cm³/mol. The maximum absolute atomic E-state index is 13.0. The fraction of sp³-hybridized carbons (Fsp3) is 0.533. The lowest BCUT2D eigenvalue weighted by Gasteiger charge is -2.32. The van der Waals surface area contributed by atoms with Gasteiger partial charge in [0.15, 0.2) is 0 Å². The van der Waals surface area contributed by atoms with Crippen molar-refractivity contribution in [3.05, 3.63) is 59.7 Å². The molecule has 0 fully saturated rings. The predicted octanol–water partition coefficient (Wildman–Crippen LogP) is 6.42. The highest BCUT2D eigenvalue weighted by Gasteiger charge is 2.27. The Morgan fingerprint density at radius 3 is 2.11 bits per heavy atom. The lowest BCUT2D eigenvalue weighted by molar-refractivity contribution is -0.906. The third-order valence-corrected chi connectivity index (χ3v) is 6.53. The van der Waals surface area contributed by atoms with Crippen LogP contribution in [0.25, 0.3) is 0 Å². The van der Waals surface area contributed by atoms with E-state index in [2.05, 4.69) is 60.8 Å². The van der Waals surface area contributed by atoms with Crippen LogP contribution in [0, 0.1) is 10.8 Å². The molecule has 0 radical (unpaired) electrons. The second-order valence-corrected chi connectivity index (χ2v) is 11.8. The van der Waals surface area contributed by atoms with Crippen LogP contribution in [0.4, 0.5) is 5.69 Å². The van der Waals surface area contributed by atoms with E-state index in [0.29, 0.717) is 35.8 Å². The Labute approximate surface area is 217 Å². The second-order valence-electron chi connectivity index (χ2n) is 11.8. The molecule has 0 spiro atoms. The Morgan fingerprint density at radius 2 is 1.53 bits per heavy atom. The average Bonchev–Trinajstić information content (AvgIpc) is 2.81. The van der Waals surface area contributed by atoms with Gasteiger partial charge in [-0.25, -0.2) is 4.79 Å². The number of likely N-dealkylation sites (N-methyl/N-ethyl adjacent to an activating group) is 1. The third-order valence-electron chi connectivity index (χ3n) is 6.53. The zero-order valence-electron chi connectivity index (χ0n) is 23.4. The summed E-state index contributed by atoms with van der Waals surface area (Å²) in [5.41, 5.74) is 1.69. The summed E-state index contributed by atoms with van der Waals surface area (Å²) in [6.45, 7) is 18.9. The number of anilines is 1. The summed E-state index contributed by atoms with van der Waals surface area (Å²) in [7, 11) is 2.15. The van der Waals surface area contributed by atoms with Crippen molar-refractivity contribution in [2.45, 2.75) is 54.9 Å². The van der Waals surface area contributed by atoms with E-state index in [1.54, 1.807) is 30.3 Å². The summed E-state index contributed by atoms with van der Waals surface area (Å²) in [5, 5.41) is 2.90. The van der Waals surface area contributed by atoms with Crippen molar-refractivity contribution >= 4 is 17.6 Å². The highest BCUT2D eigenvalue weighted by atomic mass is 16.5. The number of carbonyl (C=O) groups excluding carboxylic acids is 2. The largest absolute Gasteiger partial charge is 0.492 e. The smallest absolute Gasteiger partial charge is 0.338 e. The maximum atomic E-state index is 13.0. The molecule has 198 valence electrons. The zero-order chi connectivity index (χ0) is 27.0. The number of quaternary nitrogens is 1. The molecule has 2 rings (SSSR count). The normalized spacial score (nSPS) is 12.2. The molecule has 0 aliphatic heterocycles. The Morgan fingerprint density at radius 1 is 0.917 bits per heavy atom. The lowest BCUT2D eigenvalue weighted by atomic mass is 9.77. The van der Waals surface area contributed by atoms with Crippen molar-refractivity contribution < 1.29 is 23.5 Å². The minimum absolute atomic E-state index is 0.0308. The molecule has 0 saturated heterocycles. The van der Waals surface area contributed by atoms with Gasteiger partial charge in [0.2, 0.25) is 0 Å². The molecule has 1 N–H and O–H groups in total. The van der Waals surface area contributed by atoms with E-state index in [0.717, 1.165) is 30.5 Å². The van der Waals surface area contributed by atoms with Gasteiger partial charge in [0.05, 0.1) is 37.9 Å². The molecule has 6 heteroatoms. The Hall–Kier alpha value is -2.86. The first-order valence-corrected chi connectivity index (χ1v) is 12.9. The quantitative estimate of drug-likeness (QED) is 0.271. The molecule has 0 aromatic heterocycles. The van der Waals surface area contributed by atoms with Crippen molar-refractivity contribution in [1.29, 1.82) is 0 Å². The SMILES string of the molecule is CC[N+](C)(CC)CCOC(=O)c1ccc(NC(=O)c2ccccc2OCC(C)(C)CC(C)(C)C)cc1. The van der Waals surface area contributed by atoms with Gasteiger partial charge in [-0.2, -0.15) is 0 Å². The van der Waals surface area contributed by atoms with Gasteiger partial charge < -0.3 is 19.3 Å². The summed E-state index contributed by atoms with van der Waals surface area (Å²) >= 11 is 0. The molecule has 6 nitrogen and oxygen atoms in total. The molecule has 0 saturated carbocycles. The van der Waals surface area contributed by atoms with Crippen LogP contribution in [0.5, 0.6) is 5.75 Å². The molecular formula is C30H45N2O4+. The minimum atomic E-state index is -0.358. The van der Waals surface area contributed by atoms with Crippen molar-refractivity contribution in [2.24, 2.45) is 10.8 Å². The molecule has 2 aromatic carbocycles. The van der Waals surface area contributed by atoms with Gasteiger partial charge in [-0.3, -0.25) is 4.79 Å². The van der Waals surface area contributed by atoms with E-state index >= 15 is 0 Å². The van der Waals surface area contributed by atoms with Crippen LogP contribution in [0.15, 0.2) is 48.5 Å².